The van der Waals surface area contributed by atoms with Gasteiger partial charge in [0.1, 0.15) is 0 Å². The molecule has 3 heteroatoms. The molecule has 0 aliphatic rings. The monoisotopic (exact) mass is 243 g/mol. The highest BCUT2D eigenvalue weighted by atomic mass is 15.2. The molecular formula is C15H21N3. The zero-order valence-electron chi connectivity index (χ0n) is 11.6. The number of benzene rings is 1. The fourth-order valence-corrected chi connectivity index (χ4v) is 2.04. The summed E-state index contributed by atoms with van der Waals surface area (Å²) in [5.41, 5.74) is 8.31. The summed E-state index contributed by atoms with van der Waals surface area (Å²) in [5, 5.41) is 2.16. The number of hydrogen-bond donors (Lipinski definition) is 1. The van der Waals surface area contributed by atoms with E-state index in [0.29, 0.717) is 0 Å². The smallest absolute Gasteiger partial charge is 0.0632 e. The van der Waals surface area contributed by atoms with Crippen molar-refractivity contribution < 1.29 is 0 Å². The van der Waals surface area contributed by atoms with Gasteiger partial charge in [0, 0.05) is 35.8 Å². The van der Waals surface area contributed by atoms with Crippen molar-refractivity contribution in [2.75, 3.05) is 17.7 Å². The fourth-order valence-electron chi connectivity index (χ4n) is 2.04. The zero-order valence-corrected chi connectivity index (χ0v) is 11.6. The average molecular weight is 243 g/mol. The van der Waals surface area contributed by atoms with E-state index in [1.165, 1.54) is 0 Å². The molecule has 3 nitrogen and oxygen atoms in total. The molecular weight excluding hydrogens is 222 g/mol. The predicted molar refractivity (Wildman–Crippen MR) is 78.9 cm³/mol. The van der Waals surface area contributed by atoms with Crippen LogP contribution in [0.15, 0.2) is 30.6 Å². The molecule has 0 bridgehead atoms. The molecule has 0 atom stereocenters. The number of anilines is 2. The van der Waals surface area contributed by atoms with E-state index in [0.717, 1.165) is 28.6 Å². The molecule has 0 fully saturated rings. The second kappa shape index (κ2) is 4.48. The molecule has 1 aromatic heterocycles. The Morgan fingerprint density at radius 2 is 2.00 bits per heavy atom. The first-order valence-electron chi connectivity index (χ1n) is 6.33. The third kappa shape index (κ3) is 2.01. The van der Waals surface area contributed by atoms with Gasteiger partial charge in [-0.1, -0.05) is 13.0 Å². The maximum atomic E-state index is 6.30. The van der Waals surface area contributed by atoms with E-state index in [1.54, 1.807) is 6.20 Å². The number of nitrogen functional groups attached to an aromatic ring is 1. The summed E-state index contributed by atoms with van der Waals surface area (Å²) in [5.74, 6) is 0. The second-order valence-corrected chi connectivity index (χ2v) is 5.32. The molecule has 0 amide bonds. The minimum Gasteiger partial charge on any atom is -0.397 e. The maximum Gasteiger partial charge on any atom is 0.0632 e. The van der Waals surface area contributed by atoms with Crippen molar-refractivity contribution in [1.82, 2.24) is 4.98 Å². The minimum atomic E-state index is 0.0921. The number of nitrogens with two attached hydrogens (primary N) is 1. The van der Waals surface area contributed by atoms with Crippen molar-refractivity contribution in [1.29, 1.82) is 0 Å². The Morgan fingerprint density at radius 3 is 2.67 bits per heavy atom. The Balaban J connectivity index is 2.56. The first kappa shape index (κ1) is 12.7. The molecule has 2 N–H and O–H groups in total. The lowest BCUT2D eigenvalue weighted by Crippen LogP contribution is -2.40. The van der Waals surface area contributed by atoms with Crippen LogP contribution < -0.4 is 10.6 Å². The van der Waals surface area contributed by atoms with Gasteiger partial charge in [0.05, 0.1) is 11.4 Å². The molecule has 0 radical (unpaired) electrons. The quantitative estimate of drug-likeness (QED) is 0.840. The Kier molecular flexibility index (Phi) is 3.16. The summed E-state index contributed by atoms with van der Waals surface area (Å²) < 4.78 is 0. The van der Waals surface area contributed by atoms with Crippen LogP contribution in [0.1, 0.15) is 27.2 Å². The van der Waals surface area contributed by atoms with Gasteiger partial charge in [0.2, 0.25) is 0 Å². The highest BCUT2D eigenvalue weighted by Gasteiger charge is 2.23. The van der Waals surface area contributed by atoms with Crippen LogP contribution >= 0.6 is 0 Å². The second-order valence-electron chi connectivity index (χ2n) is 5.32. The topological polar surface area (TPSA) is 42.2 Å². The molecule has 18 heavy (non-hydrogen) atoms. The van der Waals surface area contributed by atoms with Gasteiger partial charge in [0.15, 0.2) is 0 Å². The predicted octanol–water partition coefficient (Wildman–Crippen LogP) is 3.44. The molecule has 96 valence electrons. The largest absolute Gasteiger partial charge is 0.397 e. The summed E-state index contributed by atoms with van der Waals surface area (Å²) in [6, 6.07) is 6.13. The minimum absolute atomic E-state index is 0.0921. The third-order valence-corrected chi connectivity index (χ3v) is 3.97. The number of fused-ring (bicyclic) bond motifs is 1. The number of pyridine rings is 1. The van der Waals surface area contributed by atoms with Gasteiger partial charge < -0.3 is 10.6 Å². The van der Waals surface area contributed by atoms with Gasteiger partial charge in [0.25, 0.3) is 0 Å². The van der Waals surface area contributed by atoms with Crippen molar-refractivity contribution in [2.45, 2.75) is 32.7 Å². The van der Waals surface area contributed by atoms with Crippen molar-refractivity contribution in [3.8, 4) is 0 Å². The average Bonchev–Trinajstić information content (AvgIpc) is 2.39. The molecule has 0 aliphatic carbocycles. The van der Waals surface area contributed by atoms with Gasteiger partial charge in [-0.15, -0.1) is 0 Å². The highest BCUT2D eigenvalue weighted by molar-refractivity contribution is 5.98. The van der Waals surface area contributed by atoms with Gasteiger partial charge in [-0.2, -0.15) is 0 Å². The maximum absolute atomic E-state index is 6.30. The van der Waals surface area contributed by atoms with Crippen LogP contribution in [-0.2, 0) is 0 Å². The van der Waals surface area contributed by atoms with Crippen LogP contribution in [0.3, 0.4) is 0 Å². The standard InChI is InChI=1S/C15H21N3/c1-5-15(2,3)18(4)13-7-6-11-10-17-9-8-12(11)14(13)16/h6-10H,5,16H2,1-4H3. The van der Waals surface area contributed by atoms with Crippen molar-refractivity contribution in [3.05, 3.63) is 30.6 Å². The number of hydrogen-bond acceptors (Lipinski definition) is 3. The molecule has 2 rings (SSSR count). The molecule has 0 saturated heterocycles. The van der Waals surface area contributed by atoms with E-state index in [-0.39, 0.29) is 5.54 Å². The lowest BCUT2D eigenvalue weighted by atomic mass is 9.98. The van der Waals surface area contributed by atoms with Gasteiger partial charge in [-0.25, -0.2) is 0 Å². The molecule has 0 unspecified atom stereocenters. The normalized spacial score (nSPS) is 11.8. The highest BCUT2D eigenvalue weighted by Crippen LogP contribution is 2.34. The summed E-state index contributed by atoms with van der Waals surface area (Å²) in [4.78, 5) is 6.38. The number of aromatic nitrogens is 1. The molecule has 0 spiro atoms. The van der Waals surface area contributed by atoms with Gasteiger partial charge in [-0.05, 0) is 32.4 Å². The van der Waals surface area contributed by atoms with Crippen LogP contribution in [0.2, 0.25) is 0 Å². The van der Waals surface area contributed by atoms with Crippen LogP contribution in [0.25, 0.3) is 10.8 Å². The van der Waals surface area contributed by atoms with E-state index in [1.807, 2.05) is 12.3 Å². The number of rotatable bonds is 3. The van der Waals surface area contributed by atoms with E-state index in [4.69, 9.17) is 5.73 Å². The van der Waals surface area contributed by atoms with Crippen molar-refractivity contribution in [3.63, 3.8) is 0 Å². The Bertz CT molecular complexity index is 561. The molecule has 1 heterocycles. The summed E-state index contributed by atoms with van der Waals surface area (Å²) in [6.07, 6.45) is 4.70. The van der Waals surface area contributed by atoms with Crippen molar-refractivity contribution in [2.24, 2.45) is 0 Å². The van der Waals surface area contributed by atoms with Crippen LogP contribution in [0, 0.1) is 0 Å². The third-order valence-electron chi connectivity index (χ3n) is 3.97. The molecule has 1 aromatic carbocycles. The van der Waals surface area contributed by atoms with E-state index in [2.05, 4.69) is 49.8 Å². The van der Waals surface area contributed by atoms with E-state index < -0.39 is 0 Å². The Labute approximate surface area is 109 Å². The summed E-state index contributed by atoms with van der Waals surface area (Å²) >= 11 is 0. The Hall–Kier alpha value is -1.77. The molecule has 2 aromatic rings. The summed E-state index contributed by atoms with van der Waals surface area (Å²) in [7, 11) is 2.10. The van der Waals surface area contributed by atoms with Crippen LogP contribution in [-0.4, -0.2) is 17.6 Å². The SMILES string of the molecule is CCC(C)(C)N(C)c1ccc2cnccc2c1N. The van der Waals surface area contributed by atoms with Crippen molar-refractivity contribution >= 4 is 22.1 Å². The zero-order chi connectivity index (χ0) is 13.3. The van der Waals surface area contributed by atoms with E-state index >= 15 is 0 Å². The first-order chi connectivity index (χ1) is 8.47. The Morgan fingerprint density at radius 1 is 1.28 bits per heavy atom. The van der Waals surface area contributed by atoms with Gasteiger partial charge >= 0.3 is 0 Å². The fraction of sp³-hybridized carbons (Fsp3) is 0.400. The molecule has 0 saturated carbocycles. The first-order valence-corrected chi connectivity index (χ1v) is 6.33. The lowest BCUT2D eigenvalue weighted by molar-refractivity contribution is 0.471. The van der Waals surface area contributed by atoms with Crippen LogP contribution in [0.5, 0.6) is 0 Å². The lowest BCUT2D eigenvalue weighted by Gasteiger charge is -2.37. The summed E-state index contributed by atoms with van der Waals surface area (Å²) in [6.45, 7) is 6.64. The van der Waals surface area contributed by atoms with Crippen LogP contribution in [0.4, 0.5) is 11.4 Å². The number of nitrogens with zero attached hydrogens (tertiary/aromatic N) is 2. The molecule has 0 aliphatic heterocycles. The van der Waals surface area contributed by atoms with Gasteiger partial charge in [-0.3, -0.25) is 4.98 Å². The van der Waals surface area contributed by atoms with E-state index in [9.17, 15) is 0 Å².